The van der Waals surface area contributed by atoms with Crippen LogP contribution in [0, 0.1) is 5.92 Å². The van der Waals surface area contributed by atoms with Crippen LogP contribution in [0.15, 0.2) is 24.3 Å². The molecule has 6 heteroatoms. The number of carboxylic acid groups (broad SMARTS) is 1. The molecule has 21 heavy (non-hydrogen) atoms. The average Bonchev–Trinajstić information content (AvgIpc) is 2.98. The van der Waals surface area contributed by atoms with Crippen molar-refractivity contribution in [2.24, 2.45) is 5.92 Å². The topological polar surface area (TPSA) is 76.1 Å². The predicted molar refractivity (Wildman–Crippen MR) is 75.4 cm³/mol. The number of hydrogen-bond donors (Lipinski definition) is 1. The zero-order valence-electron chi connectivity index (χ0n) is 11.9. The first kappa shape index (κ1) is 15.2. The van der Waals surface area contributed by atoms with Crippen LogP contribution < -0.4 is 9.47 Å². The zero-order chi connectivity index (χ0) is 15.2. The molecule has 1 heterocycles. The van der Waals surface area contributed by atoms with Gasteiger partial charge < -0.3 is 19.5 Å². The number of benzene rings is 1. The summed E-state index contributed by atoms with van der Waals surface area (Å²) in [5.41, 5.74) is 0. The SMILES string of the molecule is COc1ccccc1OCCC(=O)N1CCC(C(=O)O)C1. The van der Waals surface area contributed by atoms with Crippen molar-refractivity contribution in [3.05, 3.63) is 24.3 Å². The highest BCUT2D eigenvalue weighted by Gasteiger charge is 2.30. The number of para-hydroxylation sites is 2. The highest BCUT2D eigenvalue weighted by Crippen LogP contribution is 2.26. The van der Waals surface area contributed by atoms with Crippen LogP contribution in [0.25, 0.3) is 0 Å². The minimum Gasteiger partial charge on any atom is -0.493 e. The summed E-state index contributed by atoms with van der Waals surface area (Å²) < 4.78 is 10.7. The van der Waals surface area contributed by atoms with Gasteiger partial charge in [0.05, 0.1) is 26.1 Å². The highest BCUT2D eigenvalue weighted by molar-refractivity contribution is 5.78. The molecule has 114 valence electrons. The van der Waals surface area contributed by atoms with Gasteiger partial charge in [-0.2, -0.15) is 0 Å². The van der Waals surface area contributed by atoms with Gasteiger partial charge in [0.25, 0.3) is 0 Å². The number of ether oxygens (including phenoxy) is 2. The van der Waals surface area contributed by atoms with E-state index >= 15 is 0 Å². The third-order valence-corrected chi connectivity index (χ3v) is 3.53. The minimum absolute atomic E-state index is 0.0753. The van der Waals surface area contributed by atoms with E-state index in [1.807, 2.05) is 12.1 Å². The lowest BCUT2D eigenvalue weighted by Crippen LogP contribution is -2.30. The number of carboxylic acids is 1. The molecule has 1 aliphatic heterocycles. The molecule has 1 saturated heterocycles. The second kappa shape index (κ2) is 6.97. The van der Waals surface area contributed by atoms with Gasteiger partial charge in [0.15, 0.2) is 11.5 Å². The van der Waals surface area contributed by atoms with E-state index in [4.69, 9.17) is 14.6 Å². The Morgan fingerprint density at radius 3 is 2.67 bits per heavy atom. The van der Waals surface area contributed by atoms with E-state index in [9.17, 15) is 9.59 Å². The van der Waals surface area contributed by atoms with Crippen molar-refractivity contribution in [1.29, 1.82) is 0 Å². The molecule has 1 unspecified atom stereocenters. The molecule has 0 radical (unpaired) electrons. The molecule has 0 aromatic heterocycles. The normalized spacial score (nSPS) is 17.6. The molecule has 1 aliphatic rings. The van der Waals surface area contributed by atoms with Crippen molar-refractivity contribution < 1.29 is 24.2 Å². The van der Waals surface area contributed by atoms with Crippen LogP contribution in [0.1, 0.15) is 12.8 Å². The highest BCUT2D eigenvalue weighted by atomic mass is 16.5. The average molecular weight is 293 g/mol. The van der Waals surface area contributed by atoms with Gasteiger partial charge >= 0.3 is 5.97 Å². The molecule has 0 saturated carbocycles. The summed E-state index contributed by atoms with van der Waals surface area (Å²) in [6, 6.07) is 7.24. The summed E-state index contributed by atoms with van der Waals surface area (Å²) in [5, 5.41) is 8.92. The first-order chi connectivity index (χ1) is 10.1. The molecule has 0 aliphatic carbocycles. The Labute approximate surface area is 123 Å². The lowest BCUT2D eigenvalue weighted by molar-refractivity contribution is -0.141. The summed E-state index contributed by atoms with van der Waals surface area (Å²) in [4.78, 5) is 24.4. The number of rotatable bonds is 6. The van der Waals surface area contributed by atoms with Crippen molar-refractivity contribution in [3.8, 4) is 11.5 Å². The number of methoxy groups -OCH3 is 1. The third kappa shape index (κ3) is 3.87. The maximum Gasteiger partial charge on any atom is 0.308 e. The quantitative estimate of drug-likeness (QED) is 0.858. The molecule has 1 atom stereocenters. The number of likely N-dealkylation sites (tertiary alicyclic amines) is 1. The predicted octanol–water partition coefficient (Wildman–Crippen LogP) is 1.40. The fraction of sp³-hybridized carbons (Fsp3) is 0.467. The molecule has 1 aromatic carbocycles. The van der Waals surface area contributed by atoms with Gasteiger partial charge in [-0.25, -0.2) is 0 Å². The molecule has 6 nitrogen and oxygen atoms in total. The molecule has 1 fully saturated rings. The summed E-state index contributed by atoms with van der Waals surface area (Å²) >= 11 is 0. The van der Waals surface area contributed by atoms with Crippen LogP contribution in [0.4, 0.5) is 0 Å². The molecule has 0 bridgehead atoms. The van der Waals surface area contributed by atoms with Crippen molar-refractivity contribution in [1.82, 2.24) is 4.90 Å². The van der Waals surface area contributed by atoms with Crippen molar-refractivity contribution in [3.63, 3.8) is 0 Å². The maximum absolute atomic E-state index is 12.0. The third-order valence-electron chi connectivity index (χ3n) is 3.53. The smallest absolute Gasteiger partial charge is 0.308 e. The van der Waals surface area contributed by atoms with Crippen molar-refractivity contribution >= 4 is 11.9 Å². The van der Waals surface area contributed by atoms with Gasteiger partial charge in [0.2, 0.25) is 5.91 Å². The van der Waals surface area contributed by atoms with Crippen LogP contribution in [-0.2, 0) is 9.59 Å². The van der Waals surface area contributed by atoms with Gasteiger partial charge in [0.1, 0.15) is 0 Å². The summed E-state index contributed by atoms with van der Waals surface area (Å²) in [7, 11) is 1.56. The molecule has 1 aromatic rings. The first-order valence-corrected chi connectivity index (χ1v) is 6.88. The molecule has 2 rings (SSSR count). The molecule has 1 amide bonds. The largest absolute Gasteiger partial charge is 0.493 e. The second-order valence-electron chi connectivity index (χ2n) is 4.91. The molecular weight excluding hydrogens is 274 g/mol. The number of aliphatic carboxylic acids is 1. The van der Waals surface area contributed by atoms with Crippen LogP contribution in [0.2, 0.25) is 0 Å². The van der Waals surface area contributed by atoms with E-state index in [-0.39, 0.29) is 18.9 Å². The Bertz CT molecular complexity index is 517. The zero-order valence-corrected chi connectivity index (χ0v) is 11.9. The standard InChI is InChI=1S/C15H19NO5/c1-20-12-4-2-3-5-13(12)21-9-7-14(17)16-8-6-11(10-16)15(18)19/h2-5,11H,6-10H2,1H3,(H,18,19). The van der Waals surface area contributed by atoms with Crippen LogP contribution in [-0.4, -0.2) is 48.7 Å². The number of hydrogen-bond acceptors (Lipinski definition) is 4. The van der Waals surface area contributed by atoms with E-state index in [2.05, 4.69) is 0 Å². The summed E-state index contributed by atoms with van der Waals surface area (Å²) in [6.45, 7) is 1.04. The van der Waals surface area contributed by atoms with Crippen LogP contribution >= 0.6 is 0 Å². The number of carbonyl (C=O) groups excluding carboxylic acids is 1. The Morgan fingerprint density at radius 1 is 1.33 bits per heavy atom. The van der Waals surface area contributed by atoms with E-state index in [0.717, 1.165) is 0 Å². The van der Waals surface area contributed by atoms with E-state index in [0.29, 0.717) is 31.0 Å². The number of nitrogens with zero attached hydrogens (tertiary/aromatic N) is 1. The van der Waals surface area contributed by atoms with Gasteiger partial charge in [-0.05, 0) is 18.6 Å². The Kier molecular flexibility index (Phi) is 5.03. The number of carbonyl (C=O) groups is 2. The van der Waals surface area contributed by atoms with E-state index in [1.165, 1.54) is 0 Å². The Hall–Kier alpha value is -2.24. The summed E-state index contributed by atoms with van der Waals surface area (Å²) in [5.74, 6) is -0.136. The molecule has 0 spiro atoms. The lowest BCUT2D eigenvalue weighted by atomic mass is 10.1. The summed E-state index contributed by atoms with van der Waals surface area (Å²) in [6.07, 6.45) is 0.749. The van der Waals surface area contributed by atoms with Crippen molar-refractivity contribution in [2.75, 3.05) is 26.8 Å². The Morgan fingerprint density at radius 2 is 2.05 bits per heavy atom. The van der Waals surface area contributed by atoms with Crippen LogP contribution in [0.5, 0.6) is 11.5 Å². The van der Waals surface area contributed by atoms with E-state index < -0.39 is 11.9 Å². The monoisotopic (exact) mass is 293 g/mol. The first-order valence-electron chi connectivity index (χ1n) is 6.88. The molecular formula is C15H19NO5. The van der Waals surface area contributed by atoms with Gasteiger partial charge in [0, 0.05) is 13.1 Å². The van der Waals surface area contributed by atoms with Crippen molar-refractivity contribution in [2.45, 2.75) is 12.8 Å². The van der Waals surface area contributed by atoms with E-state index in [1.54, 1.807) is 24.1 Å². The van der Waals surface area contributed by atoms with Gasteiger partial charge in [-0.1, -0.05) is 12.1 Å². The lowest BCUT2D eigenvalue weighted by Gasteiger charge is -2.16. The Balaban J connectivity index is 1.78. The fourth-order valence-electron chi connectivity index (χ4n) is 2.33. The fourth-order valence-corrected chi connectivity index (χ4v) is 2.33. The number of amides is 1. The second-order valence-corrected chi connectivity index (χ2v) is 4.91. The molecule has 1 N–H and O–H groups in total. The minimum atomic E-state index is -0.837. The van der Waals surface area contributed by atoms with Gasteiger partial charge in [-0.15, -0.1) is 0 Å². The maximum atomic E-state index is 12.0. The van der Waals surface area contributed by atoms with Gasteiger partial charge in [-0.3, -0.25) is 9.59 Å². The van der Waals surface area contributed by atoms with Crippen LogP contribution in [0.3, 0.4) is 0 Å².